The molecule has 0 amide bonds. The molecular formula is C20H31LiO2SSi2. The van der Waals surface area contributed by atoms with Gasteiger partial charge in [-0.25, -0.2) is 12.1 Å². The molecule has 26 heavy (non-hydrogen) atoms. The summed E-state index contributed by atoms with van der Waals surface area (Å²) in [5.41, 5.74) is 1.18. The first kappa shape index (κ1) is 23.8. The van der Waals surface area contributed by atoms with Crippen LogP contribution in [0.5, 0.6) is 5.75 Å². The van der Waals surface area contributed by atoms with E-state index in [0.29, 0.717) is 0 Å². The summed E-state index contributed by atoms with van der Waals surface area (Å²) in [6, 6.07) is 13.7. The van der Waals surface area contributed by atoms with E-state index < -0.39 is 16.6 Å². The van der Waals surface area contributed by atoms with Crippen molar-refractivity contribution in [3.05, 3.63) is 52.2 Å². The smallest absolute Gasteiger partial charge is 0.544 e. The summed E-state index contributed by atoms with van der Waals surface area (Å²) in [7, 11) is -3.48. The molecule has 0 radical (unpaired) electrons. The summed E-state index contributed by atoms with van der Waals surface area (Å²) in [6.07, 6.45) is -0.00941. The molecule has 0 fully saturated rings. The van der Waals surface area contributed by atoms with Crippen molar-refractivity contribution in [3.63, 3.8) is 0 Å². The SMILES string of the molecule is CC(C)(C)[Si](C)(C)Oc1ccc(C(O[Si](C)(C)C)c2c[c-]cs2)cc1.[Li+]. The van der Waals surface area contributed by atoms with Crippen LogP contribution in [0.25, 0.3) is 0 Å². The van der Waals surface area contributed by atoms with Crippen molar-refractivity contribution in [2.75, 3.05) is 0 Å². The second-order valence-corrected chi connectivity index (χ2v) is 19.1. The second-order valence-electron chi connectivity index (χ2n) is 8.99. The van der Waals surface area contributed by atoms with Gasteiger partial charge >= 0.3 is 18.9 Å². The monoisotopic (exact) mass is 398 g/mol. The third-order valence-electron chi connectivity index (χ3n) is 4.58. The van der Waals surface area contributed by atoms with Crippen molar-refractivity contribution in [1.82, 2.24) is 0 Å². The first-order valence-corrected chi connectivity index (χ1v) is 16.0. The van der Waals surface area contributed by atoms with Gasteiger partial charge in [-0.05, 0) is 55.5 Å². The van der Waals surface area contributed by atoms with Crippen LogP contribution >= 0.6 is 11.3 Å². The number of benzene rings is 1. The zero-order valence-electron chi connectivity index (χ0n) is 17.8. The average Bonchev–Trinajstić information content (AvgIpc) is 2.97. The molecule has 2 nitrogen and oxygen atoms in total. The number of thiophene rings is 1. The van der Waals surface area contributed by atoms with Gasteiger partial charge in [0.05, 0.1) is 0 Å². The second kappa shape index (κ2) is 8.81. The van der Waals surface area contributed by atoms with E-state index in [-0.39, 0.29) is 30.0 Å². The molecule has 2 aromatic rings. The van der Waals surface area contributed by atoms with Crippen molar-refractivity contribution in [3.8, 4) is 5.75 Å². The molecule has 0 saturated carbocycles. The molecule has 138 valence electrons. The third kappa shape index (κ3) is 6.40. The van der Waals surface area contributed by atoms with Gasteiger partial charge in [0, 0.05) is 6.10 Å². The van der Waals surface area contributed by atoms with Crippen LogP contribution in [0, 0.1) is 6.07 Å². The Hall–Kier alpha value is -0.289. The molecule has 1 atom stereocenters. The maximum Gasteiger partial charge on any atom is 1.00 e. The molecule has 0 N–H and O–H groups in total. The fraction of sp³-hybridized carbons (Fsp3) is 0.500. The largest absolute Gasteiger partial charge is 1.00 e. The fourth-order valence-corrected chi connectivity index (χ4v) is 5.00. The van der Waals surface area contributed by atoms with E-state index >= 15 is 0 Å². The molecule has 6 heteroatoms. The van der Waals surface area contributed by atoms with Gasteiger partial charge < -0.3 is 8.85 Å². The van der Waals surface area contributed by atoms with Gasteiger partial charge in [-0.2, -0.15) is 0 Å². The number of rotatable bonds is 6. The molecular weight excluding hydrogens is 367 g/mol. The zero-order chi connectivity index (χ0) is 18.9. The number of hydrogen-bond donors (Lipinski definition) is 0. The van der Waals surface area contributed by atoms with Gasteiger partial charge in [0.2, 0.25) is 8.32 Å². The Morgan fingerprint density at radius 1 is 1.00 bits per heavy atom. The van der Waals surface area contributed by atoms with E-state index in [1.165, 1.54) is 10.4 Å². The predicted octanol–water partition coefficient (Wildman–Crippen LogP) is 3.88. The molecule has 2 rings (SSSR count). The Morgan fingerprint density at radius 2 is 1.58 bits per heavy atom. The Bertz CT molecular complexity index is 671. The molecule has 0 aliphatic carbocycles. The Balaban J connectivity index is 0.00000338. The summed E-state index contributed by atoms with van der Waals surface area (Å²) in [5.74, 6) is 0.958. The minimum atomic E-state index is -1.81. The van der Waals surface area contributed by atoms with Crippen LogP contribution in [-0.2, 0) is 4.43 Å². The predicted molar refractivity (Wildman–Crippen MR) is 114 cm³/mol. The van der Waals surface area contributed by atoms with Crippen LogP contribution in [0.4, 0.5) is 0 Å². The minimum absolute atomic E-state index is 0. The normalized spacial score (nSPS) is 13.8. The molecule has 0 aliphatic heterocycles. The van der Waals surface area contributed by atoms with Crippen molar-refractivity contribution in [1.29, 1.82) is 0 Å². The van der Waals surface area contributed by atoms with Crippen molar-refractivity contribution in [2.45, 2.75) is 64.6 Å². The van der Waals surface area contributed by atoms with Gasteiger partial charge in [0.1, 0.15) is 5.75 Å². The summed E-state index contributed by atoms with van der Waals surface area (Å²) < 4.78 is 12.9. The first-order valence-electron chi connectivity index (χ1n) is 8.80. The molecule has 1 heterocycles. The van der Waals surface area contributed by atoms with Crippen molar-refractivity contribution >= 4 is 28.0 Å². The molecule has 0 saturated heterocycles. The third-order valence-corrected chi connectivity index (χ3v) is 10.7. The van der Waals surface area contributed by atoms with Crippen LogP contribution in [0.2, 0.25) is 37.8 Å². The molecule has 1 aromatic carbocycles. The van der Waals surface area contributed by atoms with Crippen LogP contribution in [0.1, 0.15) is 37.3 Å². The molecule has 0 bridgehead atoms. The molecule has 0 spiro atoms. The van der Waals surface area contributed by atoms with E-state index in [0.717, 1.165) is 5.75 Å². The van der Waals surface area contributed by atoms with E-state index in [1.807, 2.05) is 11.4 Å². The maximum atomic E-state index is 6.46. The molecule has 0 aliphatic rings. The van der Waals surface area contributed by atoms with Gasteiger partial charge in [0.15, 0.2) is 8.32 Å². The van der Waals surface area contributed by atoms with Crippen LogP contribution < -0.4 is 23.3 Å². The van der Waals surface area contributed by atoms with Gasteiger partial charge in [-0.15, -0.1) is 10.3 Å². The van der Waals surface area contributed by atoms with Crippen LogP contribution in [0.3, 0.4) is 0 Å². The van der Waals surface area contributed by atoms with Crippen LogP contribution in [0.15, 0.2) is 35.7 Å². The Morgan fingerprint density at radius 3 is 2.00 bits per heavy atom. The molecule has 1 aromatic heterocycles. The Kier molecular flexibility index (Phi) is 8.05. The fourth-order valence-electron chi connectivity index (χ4n) is 2.19. The topological polar surface area (TPSA) is 18.5 Å². The van der Waals surface area contributed by atoms with Gasteiger partial charge in [-0.1, -0.05) is 32.9 Å². The van der Waals surface area contributed by atoms with Crippen molar-refractivity contribution < 1.29 is 27.7 Å². The van der Waals surface area contributed by atoms with Crippen molar-refractivity contribution in [2.24, 2.45) is 0 Å². The molecule has 1 unspecified atom stereocenters. The quantitative estimate of drug-likeness (QED) is 0.543. The van der Waals surface area contributed by atoms with Gasteiger partial charge in [-0.3, -0.25) is 11.3 Å². The van der Waals surface area contributed by atoms with Crippen LogP contribution in [-0.4, -0.2) is 16.6 Å². The minimum Gasteiger partial charge on any atom is -0.544 e. The number of hydrogen-bond acceptors (Lipinski definition) is 3. The Labute approximate surface area is 177 Å². The summed E-state index contributed by atoms with van der Waals surface area (Å²) in [5, 5.41) is 2.19. The first-order chi connectivity index (χ1) is 11.4. The van der Waals surface area contributed by atoms with E-state index in [1.54, 1.807) is 11.3 Å². The summed E-state index contributed by atoms with van der Waals surface area (Å²) in [6.45, 7) is 18.0. The zero-order valence-corrected chi connectivity index (χ0v) is 20.6. The van der Waals surface area contributed by atoms with E-state index in [4.69, 9.17) is 8.85 Å². The summed E-state index contributed by atoms with van der Waals surface area (Å²) in [4.78, 5) is 1.21. The van der Waals surface area contributed by atoms with E-state index in [2.05, 4.69) is 83.8 Å². The standard InChI is InChI=1S/C20H31O2SSi2.Li/c1-20(2,3)25(7,8)21-17-13-11-16(12-14-17)19(22-24(4,5)6)18-10-9-15-23-18;/h10-15,19H,1-8H3;/q-1;+1. The summed E-state index contributed by atoms with van der Waals surface area (Å²) >= 11 is 1.70. The van der Waals surface area contributed by atoms with Gasteiger partial charge in [0.25, 0.3) is 0 Å². The maximum absolute atomic E-state index is 6.46. The average molecular weight is 399 g/mol. The van der Waals surface area contributed by atoms with E-state index in [9.17, 15) is 0 Å².